The van der Waals surface area contributed by atoms with Crippen LogP contribution in [0.3, 0.4) is 0 Å². The highest BCUT2D eigenvalue weighted by Crippen LogP contribution is 2.18. The lowest BCUT2D eigenvalue weighted by atomic mass is 10.3. The van der Waals surface area contributed by atoms with Crippen LogP contribution in [0.2, 0.25) is 0 Å². The van der Waals surface area contributed by atoms with Crippen LogP contribution in [0.15, 0.2) is 29.3 Å². The van der Waals surface area contributed by atoms with Gasteiger partial charge in [-0.15, -0.1) is 12.4 Å². The van der Waals surface area contributed by atoms with Gasteiger partial charge in [-0.1, -0.05) is 12.6 Å². The summed E-state index contributed by atoms with van der Waals surface area (Å²) in [5.41, 5.74) is 5.80. The molecule has 11 heteroatoms. The third-order valence-electron chi connectivity index (χ3n) is 3.65. The lowest BCUT2D eigenvalue weighted by molar-refractivity contribution is -0.114. The van der Waals surface area contributed by atoms with Gasteiger partial charge in [0, 0.05) is 38.8 Å². The Labute approximate surface area is 196 Å². The summed E-state index contributed by atoms with van der Waals surface area (Å²) in [5.74, 6) is -0.104. The van der Waals surface area contributed by atoms with E-state index in [2.05, 4.69) is 28.7 Å². The van der Waals surface area contributed by atoms with Crippen LogP contribution in [0.1, 0.15) is 34.6 Å². The van der Waals surface area contributed by atoms with E-state index in [0.717, 1.165) is 37.6 Å². The predicted octanol–water partition coefficient (Wildman–Crippen LogP) is 4.03. The number of hydrogen-bond acceptors (Lipinski definition) is 5. The first-order valence-electron chi connectivity index (χ1n) is 9.34. The first-order chi connectivity index (χ1) is 13.7. The molecule has 0 spiro atoms. The molecule has 1 aromatic rings. The highest BCUT2D eigenvalue weighted by atomic mass is 35.5. The molecule has 170 valence electrons. The number of nitrogens with two attached hydrogens (primary N) is 1. The number of carbonyl (C=O) groups excluding carboxylic acids is 2. The Bertz CT molecular complexity index is 690. The van der Waals surface area contributed by atoms with Gasteiger partial charge >= 0.3 is 0 Å². The van der Waals surface area contributed by atoms with Gasteiger partial charge in [-0.3, -0.25) is 9.59 Å². The Balaban J connectivity index is 0. The zero-order valence-electron chi connectivity index (χ0n) is 18.0. The first-order valence-corrected chi connectivity index (χ1v) is 10.2. The van der Waals surface area contributed by atoms with Crippen molar-refractivity contribution in [3.8, 4) is 0 Å². The van der Waals surface area contributed by atoms with Crippen LogP contribution >= 0.6 is 37.3 Å². The SMILES string of the molecule is CCN(CC)C(=S)OC(=Nc1ccc(NC(C)=O)cc1)N(CC)CC.Cl.NC(=O)S. The fourth-order valence-corrected chi connectivity index (χ4v) is 2.54. The Morgan fingerprint density at radius 2 is 1.50 bits per heavy atom. The number of amidine groups is 1. The number of thiol groups is 1. The highest BCUT2D eigenvalue weighted by molar-refractivity contribution is 7.96. The van der Waals surface area contributed by atoms with Crippen LogP contribution < -0.4 is 11.1 Å². The molecule has 2 amide bonds. The zero-order chi connectivity index (χ0) is 22.4. The van der Waals surface area contributed by atoms with Crippen molar-refractivity contribution in [1.29, 1.82) is 0 Å². The Kier molecular flexibility index (Phi) is 16.8. The summed E-state index contributed by atoms with van der Waals surface area (Å²) in [6, 6.07) is 7.76. The van der Waals surface area contributed by atoms with Crippen molar-refractivity contribution in [2.45, 2.75) is 34.6 Å². The van der Waals surface area contributed by atoms with Crippen LogP contribution in [0.4, 0.5) is 16.2 Å². The number of amides is 2. The van der Waals surface area contributed by atoms with Gasteiger partial charge in [0.15, 0.2) is 0 Å². The normalized spacial score (nSPS) is 10.0. The molecule has 8 nitrogen and oxygen atoms in total. The third-order valence-corrected chi connectivity index (χ3v) is 3.99. The molecule has 0 aliphatic heterocycles. The number of nitrogens with one attached hydrogen (secondary N) is 1. The molecule has 0 saturated carbocycles. The maximum absolute atomic E-state index is 11.1. The van der Waals surface area contributed by atoms with Gasteiger partial charge in [0.25, 0.3) is 16.4 Å². The van der Waals surface area contributed by atoms with Gasteiger partial charge < -0.3 is 25.6 Å². The molecule has 1 aromatic carbocycles. The van der Waals surface area contributed by atoms with E-state index in [0.29, 0.717) is 11.2 Å². The molecule has 3 N–H and O–H groups in total. The van der Waals surface area contributed by atoms with E-state index in [9.17, 15) is 4.79 Å². The van der Waals surface area contributed by atoms with Crippen molar-refractivity contribution in [2.75, 3.05) is 31.5 Å². The molecule has 0 unspecified atom stereocenters. The minimum absolute atomic E-state index is 0. The molecule has 1 rings (SSSR count). The number of aliphatic imine (C=N–C) groups is 1. The van der Waals surface area contributed by atoms with Gasteiger partial charge in [-0.2, -0.15) is 4.99 Å². The molecule has 0 atom stereocenters. The molecule has 0 fully saturated rings. The number of primary amides is 1. The van der Waals surface area contributed by atoms with Gasteiger partial charge in [0.2, 0.25) is 5.91 Å². The second-order valence-electron chi connectivity index (χ2n) is 5.67. The molecule has 0 radical (unpaired) electrons. The fourth-order valence-electron chi connectivity index (χ4n) is 2.21. The van der Waals surface area contributed by atoms with E-state index in [1.54, 1.807) is 0 Å². The minimum atomic E-state index is -0.639. The number of thiocarbonyl (C=S) groups is 1. The number of rotatable bonds is 6. The van der Waals surface area contributed by atoms with E-state index < -0.39 is 5.24 Å². The van der Waals surface area contributed by atoms with E-state index in [1.165, 1.54) is 6.92 Å². The number of halogens is 1. The largest absolute Gasteiger partial charge is 0.398 e. The second kappa shape index (κ2) is 16.7. The van der Waals surface area contributed by atoms with Crippen molar-refractivity contribution >= 4 is 71.0 Å². The molecule has 30 heavy (non-hydrogen) atoms. The molecule has 0 aliphatic rings. The summed E-state index contributed by atoms with van der Waals surface area (Å²) < 4.78 is 5.90. The number of benzene rings is 1. The fraction of sp³-hybridized carbons (Fsp3) is 0.474. The molecule has 0 bridgehead atoms. The van der Waals surface area contributed by atoms with E-state index in [-0.39, 0.29) is 18.3 Å². The maximum atomic E-state index is 11.1. The Morgan fingerprint density at radius 1 is 1.07 bits per heavy atom. The Hall–Kier alpha value is -2.04. The second-order valence-corrected chi connectivity index (χ2v) is 6.46. The van der Waals surface area contributed by atoms with Gasteiger partial charge in [-0.25, -0.2) is 0 Å². The number of nitrogens with zero attached hydrogens (tertiary/aromatic N) is 3. The summed E-state index contributed by atoms with van der Waals surface area (Å²) in [4.78, 5) is 28.8. The van der Waals surface area contributed by atoms with E-state index in [4.69, 9.17) is 21.7 Å². The van der Waals surface area contributed by atoms with Gasteiger partial charge in [0.1, 0.15) is 0 Å². The topological polar surface area (TPSA) is 100 Å². The molecular weight excluding hydrogens is 446 g/mol. The van der Waals surface area contributed by atoms with Crippen LogP contribution in [0.25, 0.3) is 0 Å². The van der Waals surface area contributed by atoms with Crippen molar-refractivity contribution in [3.63, 3.8) is 0 Å². The predicted molar refractivity (Wildman–Crippen MR) is 133 cm³/mol. The molecule has 0 aromatic heterocycles. The smallest absolute Gasteiger partial charge is 0.300 e. The number of ether oxygens (including phenoxy) is 1. The average Bonchev–Trinajstić information content (AvgIpc) is 2.64. The van der Waals surface area contributed by atoms with Crippen LogP contribution in [0, 0.1) is 0 Å². The molecular formula is C19H32ClN5O3S2. The monoisotopic (exact) mass is 477 g/mol. The van der Waals surface area contributed by atoms with Crippen molar-refractivity contribution in [2.24, 2.45) is 10.7 Å². The van der Waals surface area contributed by atoms with Crippen molar-refractivity contribution < 1.29 is 14.3 Å². The van der Waals surface area contributed by atoms with Crippen molar-refractivity contribution in [3.05, 3.63) is 24.3 Å². The van der Waals surface area contributed by atoms with Gasteiger partial charge in [0.05, 0.1) is 5.69 Å². The zero-order valence-corrected chi connectivity index (χ0v) is 20.6. The van der Waals surface area contributed by atoms with E-state index in [1.807, 2.05) is 61.8 Å². The summed E-state index contributed by atoms with van der Waals surface area (Å²) in [6.07, 6.45) is 0. The first kappa shape index (κ1) is 30.2. The van der Waals surface area contributed by atoms with Crippen LogP contribution in [-0.4, -0.2) is 58.3 Å². The highest BCUT2D eigenvalue weighted by Gasteiger charge is 2.15. The van der Waals surface area contributed by atoms with Crippen LogP contribution in [0.5, 0.6) is 0 Å². The maximum Gasteiger partial charge on any atom is 0.300 e. The minimum Gasteiger partial charge on any atom is -0.398 e. The summed E-state index contributed by atoms with van der Waals surface area (Å²) in [5, 5.41) is 2.52. The van der Waals surface area contributed by atoms with Crippen molar-refractivity contribution in [1.82, 2.24) is 9.80 Å². The third kappa shape index (κ3) is 12.5. The van der Waals surface area contributed by atoms with E-state index >= 15 is 0 Å². The lowest BCUT2D eigenvalue weighted by Gasteiger charge is -2.26. The summed E-state index contributed by atoms with van der Waals surface area (Å²) >= 11 is 8.50. The summed E-state index contributed by atoms with van der Waals surface area (Å²) in [7, 11) is 0. The lowest BCUT2D eigenvalue weighted by Crippen LogP contribution is -2.39. The molecule has 0 aliphatic carbocycles. The van der Waals surface area contributed by atoms with Crippen LogP contribution in [-0.2, 0) is 9.53 Å². The number of carbonyl (C=O) groups is 2. The number of hydrogen-bond donors (Lipinski definition) is 3. The average molecular weight is 478 g/mol. The quantitative estimate of drug-likeness (QED) is 0.247. The number of anilines is 1. The molecule has 0 heterocycles. The van der Waals surface area contributed by atoms with Gasteiger partial charge in [-0.05, 0) is 64.2 Å². The standard InChI is InChI=1S/C18H28N4O2S.CH3NOS.ClH/c1-6-21(7-2)17(24-18(25)22(8-3)9-4)20-16-12-10-15(11-13-16)19-14(5)23;2-1(3)4;/h10-13H,6-9H2,1-5H3,(H,19,23);(H3,2,3,4);1H. The molecule has 0 saturated heterocycles. The Morgan fingerprint density at radius 3 is 1.87 bits per heavy atom. The summed E-state index contributed by atoms with van der Waals surface area (Å²) in [6.45, 7) is 12.7.